The van der Waals surface area contributed by atoms with Gasteiger partial charge < -0.3 is 14.5 Å². The maximum absolute atomic E-state index is 13.2. The SMILES string of the molecule is O=C(OCc1ccccc1)N1CCN(c2nc(C(F)F)nc3ccccc23)CC1. The number of carbonyl (C=O) groups is 1. The van der Waals surface area contributed by atoms with Gasteiger partial charge in [0.2, 0.25) is 0 Å². The Kier molecular flexibility index (Phi) is 5.50. The lowest BCUT2D eigenvalue weighted by Crippen LogP contribution is -2.49. The summed E-state index contributed by atoms with van der Waals surface area (Å²) in [5.41, 5.74) is 1.41. The van der Waals surface area contributed by atoms with E-state index in [2.05, 4.69) is 9.97 Å². The van der Waals surface area contributed by atoms with E-state index < -0.39 is 12.2 Å². The van der Waals surface area contributed by atoms with E-state index >= 15 is 0 Å². The normalized spacial score (nSPS) is 14.4. The fourth-order valence-electron chi connectivity index (χ4n) is 3.33. The van der Waals surface area contributed by atoms with Crippen molar-refractivity contribution in [2.45, 2.75) is 13.0 Å². The smallest absolute Gasteiger partial charge is 0.410 e. The first-order chi connectivity index (χ1) is 14.1. The molecule has 3 aromatic rings. The maximum atomic E-state index is 13.2. The Bertz CT molecular complexity index is 992. The molecule has 1 amide bonds. The zero-order chi connectivity index (χ0) is 20.2. The van der Waals surface area contributed by atoms with Gasteiger partial charge >= 0.3 is 6.09 Å². The molecule has 0 N–H and O–H groups in total. The van der Waals surface area contributed by atoms with E-state index in [4.69, 9.17) is 4.74 Å². The summed E-state index contributed by atoms with van der Waals surface area (Å²) in [5.74, 6) is -0.00777. The Morgan fingerprint density at radius 2 is 1.66 bits per heavy atom. The molecule has 0 bridgehead atoms. The van der Waals surface area contributed by atoms with Crippen molar-refractivity contribution in [3.8, 4) is 0 Å². The van der Waals surface area contributed by atoms with E-state index in [-0.39, 0.29) is 12.7 Å². The molecule has 8 heteroatoms. The number of rotatable bonds is 4. The lowest BCUT2D eigenvalue weighted by atomic mass is 10.2. The number of benzene rings is 2. The first-order valence-corrected chi connectivity index (χ1v) is 9.37. The van der Waals surface area contributed by atoms with Crippen molar-refractivity contribution in [2.24, 2.45) is 0 Å². The highest BCUT2D eigenvalue weighted by Crippen LogP contribution is 2.27. The number of fused-ring (bicyclic) bond motifs is 1. The molecule has 6 nitrogen and oxygen atoms in total. The standard InChI is InChI=1S/C21H20F2N4O2/c22-18(23)19-24-17-9-5-4-8-16(17)20(25-19)26-10-12-27(13-11-26)21(28)29-14-15-6-2-1-3-7-15/h1-9,18H,10-14H2. The van der Waals surface area contributed by atoms with Crippen LogP contribution in [0.25, 0.3) is 10.9 Å². The Morgan fingerprint density at radius 3 is 2.38 bits per heavy atom. The minimum atomic E-state index is -2.74. The van der Waals surface area contributed by atoms with Gasteiger partial charge in [0.15, 0.2) is 5.82 Å². The second-order valence-electron chi connectivity index (χ2n) is 6.74. The van der Waals surface area contributed by atoms with Gasteiger partial charge in [-0.05, 0) is 17.7 Å². The first-order valence-electron chi connectivity index (χ1n) is 9.37. The van der Waals surface area contributed by atoms with Crippen molar-refractivity contribution in [2.75, 3.05) is 31.1 Å². The average Bonchev–Trinajstić information content (AvgIpc) is 2.77. The summed E-state index contributed by atoms with van der Waals surface area (Å²) in [7, 11) is 0. The number of hydrogen-bond acceptors (Lipinski definition) is 5. The summed E-state index contributed by atoms with van der Waals surface area (Å²) < 4.78 is 31.8. The summed E-state index contributed by atoms with van der Waals surface area (Å²) >= 11 is 0. The highest BCUT2D eigenvalue weighted by atomic mass is 19.3. The largest absolute Gasteiger partial charge is 0.445 e. The van der Waals surface area contributed by atoms with Crippen LogP contribution in [0.15, 0.2) is 54.6 Å². The fourth-order valence-corrected chi connectivity index (χ4v) is 3.33. The molecule has 0 atom stereocenters. The second kappa shape index (κ2) is 8.38. The molecule has 0 saturated carbocycles. The van der Waals surface area contributed by atoms with E-state index in [9.17, 15) is 13.6 Å². The number of carbonyl (C=O) groups excluding carboxylic acids is 1. The van der Waals surface area contributed by atoms with E-state index in [0.29, 0.717) is 37.5 Å². The van der Waals surface area contributed by atoms with Crippen molar-refractivity contribution in [1.29, 1.82) is 0 Å². The van der Waals surface area contributed by atoms with Crippen LogP contribution in [0.4, 0.5) is 19.4 Å². The number of alkyl halides is 2. The minimum absolute atomic E-state index is 0.216. The molecule has 2 aromatic carbocycles. The predicted molar refractivity (Wildman–Crippen MR) is 105 cm³/mol. The number of amides is 1. The van der Waals surface area contributed by atoms with Gasteiger partial charge in [0.1, 0.15) is 12.4 Å². The molecular formula is C21H20F2N4O2. The van der Waals surface area contributed by atoms with Gasteiger partial charge in [-0.3, -0.25) is 0 Å². The zero-order valence-electron chi connectivity index (χ0n) is 15.7. The van der Waals surface area contributed by atoms with E-state index in [0.717, 1.165) is 10.9 Å². The highest BCUT2D eigenvalue weighted by Gasteiger charge is 2.25. The van der Waals surface area contributed by atoms with Gasteiger partial charge in [0, 0.05) is 31.6 Å². The zero-order valence-corrected chi connectivity index (χ0v) is 15.7. The summed E-state index contributed by atoms with van der Waals surface area (Å²) in [6, 6.07) is 16.6. The maximum Gasteiger partial charge on any atom is 0.410 e. The lowest BCUT2D eigenvalue weighted by Gasteiger charge is -2.35. The van der Waals surface area contributed by atoms with Crippen LogP contribution in [0.5, 0.6) is 0 Å². The lowest BCUT2D eigenvalue weighted by molar-refractivity contribution is 0.0941. The summed E-state index contributed by atoms with van der Waals surface area (Å²) in [5, 5.41) is 0.719. The number of aromatic nitrogens is 2. The Hall–Kier alpha value is -3.29. The van der Waals surface area contributed by atoms with Crippen LogP contribution in [0.1, 0.15) is 17.8 Å². The molecule has 0 unspecified atom stereocenters. The van der Waals surface area contributed by atoms with Gasteiger partial charge in [-0.15, -0.1) is 0 Å². The molecule has 29 heavy (non-hydrogen) atoms. The third-order valence-electron chi connectivity index (χ3n) is 4.84. The Labute approximate surface area is 166 Å². The first kappa shape index (κ1) is 19.0. The number of ether oxygens (including phenoxy) is 1. The van der Waals surface area contributed by atoms with E-state index in [1.807, 2.05) is 47.4 Å². The van der Waals surface area contributed by atoms with Crippen LogP contribution < -0.4 is 4.90 Å². The number of para-hydroxylation sites is 1. The molecule has 0 spiro atoms. The molecule has 1 saturated heterocycles. The molecule has 2 heterocycles. The number of nitrogens with zero attached hydrogens (tertiary/aromatic N) is 4. The molecule has 1 fully saturated rings. The summed E-state index contributed by atoms with van der Waals surface area (Å²) in [6.07, 6.45) is -3.12. The molecule has 150 valence electrons. The van der Waals surface area contributed by atoms with E-state index in [1.54, 1.807) is 17.0 Å². The van der Waals surface area contributed by atoms with Gasteiger partial charge in [-0.1, -0.05) is 42.5 Å². The molecule has 1 aromatic heterocycles. The van der Waals surface area contributed by atoms with Gasteiger partial charge in [0.05, 0.1) is 5.52 Å². The minimum Gasteiger partial charge on any atom is -0.445 e. The molecule has 1 aliphatic heterocycles. The van der Waals surface area contributed by atoms with E-state index in [1.165, 1.54) is 0 Å². The van der Waals surface area contributed by atoms with Crippen LogP contribution in [0.2, 0.25) is 0 Å². The van der Waals surface area contributed by atoms with Crippen molar-refractivity contribution >= 4 is 22.8 Å². The highest BCUT2D eigenvalue weighted by molar-refractivity contribution is 5.89. The van der Waals surface area contributed by atoms with Crippen molar-refractivity contribution < 1.29 is 18.3 Å². The van der Waals surface area contributed by atoms with Crippen molar-refractivity contribution in [3.05, 3.63) is 66.0 Å². The number of anilines is 1. The Morgan fingerprint density at radius 1 is 0.966 bits per heavy atom. The summed E-state index contributed by atoms with van der Waals surface area (Å²) in [4.78, 5) is 23.9. The van der Waals surface area contributed by atoms with Crippen LogP contribution >= 0.6 is 0 Å². The third-order valence-corrected chi connectivity index (χ3v) is 4.84. The molecule has 1 aliphatic rings. The number of piperazine rings is 1. The van der Waals surface area contributed by atoms with Crippen LogP contribution in [-0.2, 0) is 11.3 Å². The van der Waals surface area contributed by atoms with Gasteiger partial charge in [0.25, 0.3) is 6.43 Å². The predicted octanol–water partition coefficient (Wildman–Crippen LogP) is 4.03. The van der Waals surface area contributed by atoms with Gasteiger partial charge in [-0.25, -0.2) is 23.5 Å². The monoisotopic (exact) mass is 398 g/mol. The Balaban J connectivity index is 1.44. The van der Waals surface area contributed by atoms with Crippen LogP contribution in [0, 0.1) is 0 Å². The molecule has 0 aliphatic carbocycles. The molecular weight excluding hydrogens is 378 g/mol. The average molecular weight is 398 g/mol. The van der Waals surface area contributed by atoms with Crippen molar-refractivity contribution in [1.82, 2.24) is 14.9 Å². The summed E-state index contributed by atoms with van der Waals surface area (Å²) in [6.45, 7) is 2.02. The number of hydrogen-bond donors (Lipinski definition) is 0. The third kappa shape index (κ3) is 4.26. The number of halogens is 2. The van der Waals surface area contributed by atoms with Gasteiger partial charge in [-0.2, -0.15) is 0 Å². The quantitative estimate of drug-likeness (QED) is 0.664. The van der Waals surface area contributed by atoms with Crippen LogP contribution in [0.3, 0.4) is 0 Å². The molecule has 0 radical (unpaired) electrons. The van der Waals surface area contributed by atoms with Crippen LogP contribution in [-0.4, -0.2) is 47.1 Å². The van der Waals surface area contributed by atoms with Crippen molar-refractivity contribution in [3.63, 3.8) is 0 Å². The fraction of sp³-hybridized carbons (Fsp3) is 0.286. The second-order valence-corrected chi connectivity index (χ2v) is 6.74. The molecule has 4 rings (SSSR count). The topological polar surface area (TPSA) is 58.6 Å².